The van der Waals surface area contributed by atoms with E-state index in [-0.39, 0.29) is 11.9 Å². The minimum atomic E-state index is -3.21. The number of hydrogen-bond acceptors (Lipinski definition) is 6. The summed E-state index contributed by atoms with van der Waals surface area (Å²) in [6.07, 6.45) is 8.99. The molecule has 0 unspecified atom stereocenters. The third-order valence-electron chi connectivity index (χ3n) is 7.59. The fraction of sp³-hybridized carbons (Fsp3) is 0.593. The van der Waals surface area contributed by atoms with Gasteiger partial charge in [0.15, 0.2) is 0 Å². The Labute approximate surface area is 225 Å². The average Bonchev–Trinajstić information content (AvgIpc) is 2.86. The third-order valence-corrected chi connectivity index (χ3v) is 8.78. The summed E-state index contributed by atoms with van der Waals surface area (Å²) in [5.41, 5.74) is 4.63. The first-order chi connectivity index (χ1) is 17.6. The Hall–Kier alpha value is -2.07. The second-order valence-electron chi connectivity index (χ2n) is 10.5. The molecular weight excluding hydrogens is 510 g/mol. The van der Waals surface area contributed by atoms with E-state index in [0.717, 1.165) is 79.9 Å². The summed E-state index contributed by atoms with van der Waals surface area (Å²) >= 11 is 6.14. The van der Waals surface area contributed by atoms with Gasteiger partial charge < -0.3 is 4.90 Å². The van der Waals surface area contributed by atoms with E-state index in [4.69, 9.17) is 11.6 Å². The molecule has 0 radical (unpaired) electrons. The van der Waals surface area contributed by atoms with E-state index in [0.29, 0.717) is 24.8 Å². The molecular formula is C27H38ClN5O3S. The highest BCUT2D eigenvalue weighted by molar-refractivity contribution is 7.88. The van der Waals surface area contributed by atoms with Gasteiger partial charge in [-0.1, -0.05) is 23.7 Å². The highest BCUT2D eigenvalue weighted by Gasteiger charge is 2.32. The Balaban J connectivity index is 1.31. The largest absolute Gasteiger partial charge is 0.337 e. The molecule has 4 rings (SSSR count). The average molecular weight is 548 g/mol. The van der Waals surface area contributed by atoms with Crippen molar-refractivity contribution < 1.29 is 13.2 Å². The lowest BCUT2D eigenvalue weighted by atomic mass is 9.97. The number of likely N-dealkylation sites (tertiary alicyclic amines) is 2. The molecule has 202 valence electrons. The molecule has 0 aliphatic carbocycles. The summed E-state index contributed by atoms with van der Waals surface area (Å²) in [6.45, 7) is 7.03. The van der Waals surface area contributed by atoms with E-state index in [1.807, 2.05) is 24.8 Å². The number of carbonyl (C=O) groups excluding carboxylic acids is 1. The highest BCUT2D eigenvalue weighted by Crippen LogP contribution is 2.24. The lowest BCUT2D eigenvalue weighted by Crippen LogP contribution is -2.53. The summed E-state index contributed by atoms with van der Waals surface area (Å²) in [5, 5.41) is 0.784. The number of aryl methyl sites for hydroxylation is 3. The molecule has 2 aliphatic heterocycles. The SMILES string of the molecule is Cc1cc(CCCc2ncnc(C(=O)N3CCC(N4CCC[C@@H](NS(C)(=O)=O)C4)CC3)c2C)ccc1Cl. The topological polar surface area (TPSA) is 95.5 Å². The molecule has 2 saturated heterocycles. The molecule has 0 saturated carbocycles. The summed E-state index contributed by atoms with van der Waals surface area (Å²) in [4.78, 5) is 26.5. The van der Waals surface area contributed by atoms with Crippen molar-refractivity contribution in [2.45, 2.75) is 70.9 Å². The number of halogens is 1. The molecule has 1 N–H and O–H groups in total. The van der Waals surface area contributed by atoms with Crippen molar-refractivity contribution in [2.75, 3.05) is 32.4 Å². The van der Waals surface area contributed by atoms with Gasteiger partial charge in [0.25, 0.3) is 5.91 Å². The van der Waals surface area contributed by atoms with Crippen molar-refractivity contribution in [2.24, 2.45) is 0 Å². The predicted octanol–water partition coefficient (Wildman–Crippen LogP) is 3.54. The fourth-order valence-electron chi connectivity index (χ4n) is 5.60. The molecule has 1 atom stereocenters. The van der Waals surface area contributed by atoms with Crippen LogP contribution in [-0.2, 0) is 22.9 Å². The van der Waals surface area contributed by atoms with E-state index in [1.165, 1.54) is 18.1 Å². The zero-order valence-electron chi connectivity index (χ0n) is 22.0. The van der Waals surface area contributed by atoms with Gasteiger partial charge in [-0.25, -0.2) is 23.1 Å². The number of amides is 1. The molecule has 1 aromatic carbocycles. The molecule has 2 aliphatic rings. The van der Waals surface area contributed by atoms with Crippen LogP contribution in [0, 0.1) is 13.8 Å². The van der Waals surface area contributed by atoms with E-state index in [1.54, 1.807) is 0 Å². The van der Waals surface area contributed by atoms with E-state index >= 15 is 0 Å². The van der Waals surface area contributed by atoms with Gasteiger partial charge in [0, 0.05) is 48.0 Å². The summed E-state index contributed by atoms with van der Waals surface area (Å²) in [6, 6.07) is 6.46. The Kier molecular flexibility index (Phi) is 9.21. The smallest absolute Gasteiger partial charge is 0.272 e. The van der Waals surface area contributed by atoms with Crippen molar-refractivity contribution in [1.82, 2.24) is 24.5 Å². The Bertz CT molecular complexity index is 1210. The van der Waals surface area contributed by atoms with Crippen LogP contribution in [-0.4, -0.2) is 78.6 Å². The number of hydrogen-bond donors (Lipinski definition) is 1. The quantitative estimate of drug-likeness (QED) is 0.543. The fourth-order valence-corrected chi connectivity index (χ4v) is 6.51. The molecule has 2 aromatic rings. The Morgan fingerprint density at radius 2 is 1.86 bits per heavy atom. The van der Waals surface area contributed by atoms with Crippen LogP contribution in [0.4, 0.5) is 0 Å². The second-order valence-corrected chi connectivity index (χ2v) is 12.7. The molecule has 0 bridgehead atoms. The zero-order valence-corrected chi connectivity index (χ0v) is 23.6. The number of carbonyl (C=O) groups is 1. The van der Waals surface area contributed by atoms with Crippen molar-refractivity contribution >= 4 is 27.5 Å². The van der Waals surface area contributed by atoms with E-state index in [2.05, 4.69) is 31.7 Å². The highest BCUT2D eigenvalue weighted by atomic mass is 35.5. The minimum Gasteiger partial charge on any atom is -0.337 e. The maximum Gasteiger partial charge on any atom is 0.272 e. The van der Waals surface area contributed by atoms with Crippen molar-refractivity contribution in [3.05, 3.63) is 57.6 Å². The molecule has 1 amide bonds. The maximum atomic E-state index is 13.4. The monoisotopic (exact) mass is 547 g/mol. The van der Waals surface area contributed by atoms with Crippen molar-refractivity contribution in [1.29, 1.82) is 0 Å². The van der Waals surface area contributed by atoms with Crippen LogP contribution in [0.5, 0.6) is 0 Å². The first kappa shape index (κ1) is 28.0. The molecule has 3 heterocycles. The first-order valence-electron chi connectivity index (χ1n) is 13.2. The van der Waals surface area contributed by atoms with Crippen LogP contribution in [0.2, 0.25) is 5.02 Å². The molecule has 8 nitrogen and oxygen atoms in total. The van der Waals surface area contributed by atoms with E-state index < -0.39 is 10.0 Å². The van der Waals surface area contributed by atoms with Crippen LogP contribution in [0.15, 0.2) is 24.5 Å². The number of benzene rings is 1. The Morgan fingerprint density at radius 3 is 2.57 bits per heavy atom. The van der Waals surface area contributed by atoms with Gasteiger partial charge in [0.1, 0.15) is 12.0 Å². The number of piperidine rings is 2. The van der Waals surface area contributed by atoms with E-state index in [9.17, 15) is 13.2 Å². The van der Waals surface area contributed by atoms with Gasteiger partial charge in [-0.05, 0) is 82.5 Å². The number of aromatic nitrogens is 2. The van der Waals surface area contributed by atoms with Gasteiger partial charge >= 0.3 is 0 Å². The molecule has 37 heavy (non-hydrogen) atoms. The molecule has 1 aromatic heterocycles. The number of nitrogens with zero attached hydrogens (tertiary/aromatic N) is 4. The summed E-state index contributed by atoms with van der Waals surface area (Å²) < 4.78 is 26.1. The van der Waals surface area contributed by atoms with Crippen molar-refractivity contribution in [3.63, 3.8) is 0 Å². The molecule has 10 heteroatoms. The predicted molar refractivity (Wildman–Crippen MR) is 146 cm³/mol. The second kappa shape index (κ2) is 12.2. The van der Waals surface area contributed by atoms with Crippen molar-refractivity contribution in [3.8, 4) is 0 Å². The van der Waals surface area contributed by atoms with Crippen LogP contribution in [0.25, 0.3) is 0 Å². The number of nitrogens with one attached hydrogen (secondary N) is 1. The van der Waals surface area contributed by atoms with Gasteiger partial charge in [-0.15, -0.1) is 0 Å². The van der Waals surface area contributed by atoms with Crippen LogP contribution in [0.3, 0.4) is 0 Å². The summed E-state index contributed by atoms with van der Waals surface area (Å²) in [5.74, 6) is -0.0248. The van der Waals surface area contributed by atoms with Gasteiger partial charge in [-0.3, -0.25) is 9.69 Å². The maximum absolute atomic E-state index is 13.4. The summed E-state index contributed by atoms with van der Waals surface area (Å²) in [7, 11) is -3.21. The number of rotatable bonds is 8. The van der Waals surface area contributed by atoms with Crippen LogP contribution in [0.1, 0.15) is 65.0 Å². The standard InChI is InChI=1S/C27H38ClN5O3S/c1-19-16-21(9-10-24(19)28)6-4-8-25-20(2)26(30-18-29-25)27(34)32-14-11-23(12-15-32)33-13-5-7-22(17-33)31-37(3,35)36/h9-10,16,18,22-23,31H,4-8,11-15,17H2,1-3H3/t22-/m1/s1. The Morgan fingerprint density at radius 1 is 1.11 bits per heavy atom. The van der Waals surface area contributed by atoms with Crippen LogP contribution < -0.4 is 4.72 Å². The van der Waals surface area contributed by atoms with Crippen LogP contribution >= 0.6 is 11.6 Å². The first-order valence-corrected chi connectivity index (χ1v) is 15.4. The van der Waals surface area contributed by atoms with Gasteiger partial charge in [0.05, 0.1) is 6.26 Å². The van der Waals surface area contributed by atoms with Gasteiger partial charge in [0.2, 0.25) is 10.0 Å². The number of sulfonamides is 1. The lowest BCUT2D eigenvalue weighted by molar-refractivity contribution is 0.0561. The van der Waals surface area contributed by atoms with Gasteiger partial charge in [-0.2, -0.15) is 0 Å². The lowest BCUT2D eigenvalue weighted by Gasteiger charge is -2.42. The molecule has 0 spiro atoms. The minimum absolute atomic E-state index is 0.0248. The zero-order chi connectivity index (χ0) is 26.6. The molecule has 2 fully saturated rings. The normalized spacial score (nSPS) is 19.8. The third kappa shape index (κ3) is 7.50.